The van der Waals surface area contributed by atoms with Gasteiger partial charge >= 0.3 is 6.18 Å². The van der Waals surface area contributed by atoms with Crippen LogP contribution in [-0.2, 0) is 12.8 Å². The zero-order chi connectivity index (χ0) is 17.5. The fraction of sp³-hybridized carbons (Fsp3) is 0.400. The second-order valence-electron chi connectivity index (χ2n) is 5.75. The molecule has 3 aromatic rings. The fourth-order valence-corrected chi connectivity index (χ4v) is 3.25. The first-order valence-electron chi connectivity index (χ1n) is 7.30. The Hall–Kier alpha value is -1.87. The highest BCUT2D eigenvalue weighted by Gasteiger charge is 2.38. The molecular weight excluding hydrogens is 341 g/mol. The van der Waals surface area contributed by atoms with Crippen LogP contribution < -0.4 is 0 Å². The summed E-state index contributed by atoms with van der Waals surface area (Å²) >= 11 is 1.33. The standard InChI is InChI=1S/C15H15F3N4OS/c1-8(2)7-24-13-12-20-21-14(15(16,17)18)22(12)10-5-3-4-9(6-23)11(10)19-13/h3-5,8,23H,6-7H2,1-2H3. The van der Waals surface area contributed by atoms with Gasteiger partial charge in [0, 0.05) is 11.3 Å². The van der Waals surface area contributed by atoms with Gasteiger partial charge in [-0.25, -0.2) is 4.98 Å². The molecule has 2 aromatic heterocycles. The molecule has 1 aromatic carbocycles. The number of alkyl halides is 3. The summed E-state index contributed by atoms with van der Waals surface area (Å²) in [6.07, 6.45) is -4.64. The predicted octanol–water partition coefficient (Wildman–Crippen LogP) is 3.54. The van der Waals surface area contributed by atoms with Gasteiger partial charge in [0.15, 0.2) is 5.65 Å². The summed E-state index contributed by atoms with van der Waals surface area (Å²) in [5.74, 6) is -0.0686. The van der Waals surface area contributed by atoms with Gasteiger partial charge in [0.1, 0.15) is 5.03 Å². The van der Waals surface area contributed by atoms with Gasteiger partial charge in [-0.05, 0) is 12.0 Å². The van der Waals surface area contributed by atoms with Crippen molar-refractivity contribution in [1.82, 2.24) is 19.6 Å². The van der Waals surface area contributed by atoms with E-state index in [0.717, 1.165) is 4.40 Å². The number of halogens is 3. The van der Waals surface area contributed by atoms with Crippen LogP contribution in [-0.4, -0.2) is 30.4 Å². The first-order chi connectivity index (χ1) is 11.3. The Morgan fingerprint density at radius 3 is 2.62 bits per heavy atom. The third kappa shape index (κ3) is 2.93. The molecule has 0 unspecified atom stereocenters. The number of nitrogens with zero attached hydrogens (tertiary/aromatic N) is 4. The van der Waals surface area contributed by atoms with Crippen LogP contribution in [0.1, 0.15) is 25.2 Å². The largest absolute Gasteiger partial charge is 0.452 e. The lowest BCUT2D eigenvalue weighted by atomic mass is 10.2. The molecule has 0 radical (unpaired) electrons. The van der Waals surface area contributed by atoms with Gasteiger partial charge in [-0.1, -0.05) is 26.0 Å². The quantitative estimate of drug-likeness (QED) is 0.725. The van der Waals surface area contributed by atoms with Crippen molar-refractivity contribution in [2.45, 2.75) is 31.7 Å². The molecule has 0 fully saturated rings. The number of benzene rings is 1. The Morgan fingerprint density at radius 2 is 2.00 bits per heavy atom. The third-order valence-corrected chi connectivity index (χ3v) is 4.76. The average Bonchev–Trinajstić information content (AvgIpc) is 2.97. The SMILES string of the molecule is CC(C)CSc1nc2c(CO)cccc2n2c(C(F)(F)F)nnc12. The maximum absolute atomic E-state index is 13.3. The second kappa shape index (κ2) is 6.21. The van der Waals surface area contributed by atoms with E-state index in [0.29, 0.717) is 27.8 Å². The van der Waals surface area contributed by atoms with Crippen molar-refractivity contribution < 1.29 is 18.3 Å². The van der Waals surface area contributed by atoms with Crippen LogP contribution in [0.3, 0.4) is 0 Å². The van der Waals surface area contributed by atoms with Crippen LogP contribution in [0.25, 0.3) is 16.7 Å². The molecule has 0 saturated heterocycles. The number of para-hydroxylation sites is 1. The Bertz CT molecular complexity index is 892. The van der Waals surface area contributed by atoms with E-state index in [4.69, 9.17) is 0 Å². The molecule has 24 heavy (non-hydrogen) atoms. The normalized spacial score (nSPS) is 12.6. The van der Waals surface area contributed by atoms with Crippen LogP contribution in [0.4, 0.5) is 13.2 Å². The van der Waals surface area contributed by atoms with Gasteiger partial charge < -0.3 is 5.11 Å². The lowest BCUT2D eigenvalue weighted by Gasteiger charge is -2.12. The minimum Gasteiger partial charge on any atom is -0.392 e. The summed E-state index contributed by atoms with van der Waals surface area (Å²) in [4.78, 5) is 4.45. The Kier molecular flexibility index (Phi) is 4.39. The lowest BCUT2D eigenvalue weighted by Crippen LogP contribution is -2.12. The van der Waals surface area contributed by atoms with Gasteiger partial charge in [-0.2, -0.15) is 13.2 Å². The first kappa shape index (κ1) is 17.0. The van der Waals surface area contributed by atoms with Gasteiger partial charge in [0.05, 0.1) is 17.6 Å². The molecule has 0 aliphatic heterocycles. The minimum absolute atomic E-state index is 0.0792. The van der Waals surface area contributed by atoms with Crippen molar-refractivity contribution >= 4 is 28.4 Å². The summed E-state index contributed by atoms with van der Waals surface area (Å²) in [5.41, 5.74) is 1.09. The molecule has 1 N–H and O–H groups in total. The number of thioether (sulfide) groups is 1. The van der Waals surface area contributed by atoms with Crippen molar-refractivity contribution in [3.8, 4) is 0 Å². The first-order valence-corrected chi connectivity index (χ1v) is 8.29. The Balaban J connectivity index is 2.36. The number of rotatable bonds is 4. The molecule has 0 amide bonds. The van der Waals surface area contributed by atoms with Crippen molar-refractivity contribution in [2.75, 3.05) is 5.75 Å². The summed E-state index contributed by atoms with van der Waals surface area (Å²) in [7, 11) is 0. The smallest absolute Gasteiger partial charge is 0.392 e. The molecule has 2 heterocycles. The maximum atomic E-state index is 13.3. The third-order valence-electron chi connectivity index (χ3n) is 3.38. The van der Waals surface area contributed by atoms with E-state index in [2.05, 4.69) is 15.2 Å². The fourth-order valence-electron chi connectivity index (χ4n) is 2.34. The van der Waals surface area contributed by atoms with Gasteiger partial charge in [0.25, 0.3) is 0 Å². The number of aromatic nitrogens is 4. The molecule has 0 aliphatic carbocycles. The molecule has 9 heteroatoms. The van der Waals surface area contributed by atoms with Crippen molar-refractivity contribution in [3.05, 3.63) is 29.6 Å². The molecule has 0 spiro atoms. The molecule has 3 rings (SSSR count). The van der Waals surface area contributed by atoms with Gasteiger partial charge in [-0.15, -0.1) is 22.0 Å². The molecule has 128 valence electrons. The van der Waals surface area contributed by atoms with Crippen molar-refractivity contribution in [1.29, 1.82) is 0 Å². The highest BCUT2D eigenvalue weighted by Crippen LogP contribution is 2.34. The summed E-state index contributed by atoms with van der Waals surface area (Å²) in [6.45, 7) is 3.71. The van der Waals surface area contributed by atoms with Crippen LogP contribution in [0.2, 0.25) is 0 Å². The van der Waals surface area contributed by atoms with E-state index in [-0.39, 0.29) is 17.8 Å². The molecule has 0 aliphatic rings. The number of aliphatic hydroxyl groups is 1. The van der Waals surface area contributed by atoms with E-state index in [9.17, 15) is 18.3 Å². The number of fused-ring (bicyclic) bond motifs is 3. The monoisotopic (exact) mass is 356 g/mol. The number of hydrogen-bond acceptors (Lipinski definition) is 5. The molecule has 5 nitrogen and oxygen atoms in total. The van der Waals surface area contributed by atoms with Crippen LogP contribution in [0.5, 0.6) is 0 Å². The minimum atomic E-state index is -4.64. The number of aliphatic hydroxyl groups excluding tert-OH is 1. The maximum Gasteiger partial charge on any atom is 0.452 e. The van der Waals surface area contributed by atoms with Gasteiger partial charge in [-0.3, -0.25) is 4.40 Å². The van der Waals surface area contributed by atoms with E-state index < -0.39 is 12.0 Å². The number of hydrogen-bond donors (Lipinski definition) is 1. The topological polar surface area (TPSA) is 63.3 Å². The molecule has 0 atom stereocenters. The Labute approximate surface area is 139 Å². The summed E-state index contributed by atoms with van der Waals surface area (Å²) in [6, 6.07) is 4.73. The molecule has 0 bridgehead atoms. The van der Waals surface area contributed by atoms with Gasteiger partial charge in [0.2, 0.25) is 5.82 Å². The highest BCUT2D eigenvalue weighted by molar-refractivity contribution is 7.99. The lowest BCUT2D eigenvalue weighted by molar-refractivity contribution is -0.145. The zero-order valence-corrected chi connectivity index (χ0v) is 13.8. The van der Waals surface area contributed by atoms with E-state index in [1.54, 1.807) is 12.1 Å². The second-order valence-corrected chi connectivity index (χ2v) is 6.75. The highest BCUT2D eigenvalue weighted by atomic mass is 32.2. The van der Waals surface area contributed by atoms with E-state index in [1.807, 2.05) is 13.8 Å². The summed E-state index contributed by atoms with van der Waals surface area (Å²) < 4.78 is 40.9. The van der Waals surface area contributed by atoms with Crippen molar-refractivity contribution in [2.24, 2.45) is 5.92 Å². The molecule has 0 saturated carbocycles. The Morgan fingerprint density at radius 1 is 1.25 bits per heavy atom. The van der Waals surface area contributed by atoms with Crippen LogP contribution in [0.15, 0.2) is 23.2 Å². The average molecular weight is 356 g/mol. The van der Waals surface area contributed by atoms with Crippen LogP contribution in [0, 0.1) is 5.92 Å². The summed E-state index contributed by atoms with van der Waals surface area (Å²) in [5, 5.41) is 16.9. The van der Waals surface area contributed by atoms with E-state index in [1.165, 1.54) is 17.8 Å². The van der Waals surface area contributed by atoms with Crippen molar-refractivity contribution in [3.63, 3.8) is 0 Å². The van der Waals surface area contributed by atoms with Crippen LogP contribution >= 0.6 is 11.8 Å². The molecular formula is C15H15F3N4OS. The zero-order valence-electron chi connectivity index (χ0n) is 13.0. The van der Waals surface area contributed by atoms with E-state index >= 15 is 0 Å². The predicted molar refractivity (Wildman–Crippen MR) is 84.8 cm³/mol.